The van der Waals surface area contributed by atoms with E-state index in [1.165, 1.54) is 18.2 Å². The van der Waals surface area contributed by atoms with Gasteiger partial charge in [0.1, 0.15) is 5.82 Å². The number of sulfonamides is 1. The van der Waals surface area contributed by atoms with E-state index in [2.05, 4.69) is 19.9 Å². The molecule has 7 nitrogen and oxygen atoms in total. The number of anilines is 3. The highest BCUT2D eigenvalue weighted by atomic mass is 35.5. The van der Waals surface area contributed by atoms with Crippen molar-refractivity contribution in [2.45, 2.75) is 24.7 Å². The molecule has 0 atom stereocenters. The summed E-state index contributed by atoms with van der Waals surface area (Å²) in [5.74, 6) is 0.354. The van der Waals surface area contributed by atoms with Crippen molar-refractivity contribution >= 4 is 44.7 Å². The van der Waals surface area contributed by atoms with Crippen LogP contribution >= 0.6 is 11.6 Å². The van der Waals surface area contributed by atoms with Crippen LogP contribution < -0.4 is 14.9 Å². The molecule has 1 aromatic heterocycles. The molecule has 2 N–H and O–H groups in total. The topological polar surface area (TPSA) is 91.4 Å². The van der Waals surface area contributed by atoms with Gasteiger partial charge in [0.2, 0.25) is 0 Å². The molecule has 166 valence electrons. The van der Waals surface area contributed by atoms with Gasteiger partial charge < -0.3 is 10.2 Å². The minimum Gasteiger partial charge on any atom is -0.357 e. The Kier molecular flexibility index (Phi) is 6.34. The van der Waals surface area contributed by atoms with Crippen LogP contribution in [-0.4, -0.2) is 32.4 Å². The van der Waals surface area contributed by atoms with Crippen LogP contribution in [0.1, 0.15) is 28.8 Å². The summed E-state index contributed by atoms with van der Waals surface area (Å²) >= 11 is 6.20. The number of rotatable bonds is 6. The van der Waals surface area contributed by atoms with Gasteiger partial charge in [-0.2, -0.15) is 0 Å². The van der Waals surface area contributed by atoms with Gasteiger partial charge in [-0.3, -0.25) is 9.52 Å². The number of pyridine rings is 1. The molecule has 1 aliphatic rings. The zero-order valence-electron chi connectivity index (χ0n) is 17.5. The molecule has 9 heteroatoms. The molecule has 0 aliphatic carbocycles. The first-order valence-corrected chi connectivity index (χ1v) is 12.1. The van der Waals surface area contributed by atoms with Gasteiger partial charge in [0.25, 0.3) is 15.9 Å². The summed E-state index contributed by atoms with van der Waals surface area (Å²) < 4.78 is 28.2. The van der Waals surface area contributed by atoms with E-state index in [1.54, 1.807) is 30.5 Å². The fourth-order valence-corrected chi connectivity index (χ4v) is 4.84. The van der Waals surface area contributed by atoms with Crippen molar-refractivity contribution in [2.75, 3.05) is 28.0 Å². The smallest absolute Gasteiger partial charge is 0.261 e. The lowest BCUT2D eigenvalue weighted by Crippen LogP contribution is -2.19. The zero-order valence-corrected chi connectivity index (χ0v) is 19.1. The molecule has 32 heavy (non-hydrogen) atoms. The van der Waals surface area contributed by atoms with Crippen LogP contribution in [0.2, 0.25) is 5.02 Å². The quantitative estimate of drug-likeness (QED) is 0.545. The predicted octanol–water partition coefficient (Wildman–Crippen LogP) is 4.70. The monoisotopic (exact) mass is 470 g/mol. The highest BCUT2D eigenvalue weighted by Gasteiger charge is 2.20. The molecule has 1 amide bonds. The van der Waals surface area contributed by atoms with Crippen LogP contribution in [0.4, 0.5) is 17.2 Å². The van der Waals surface area contributed by atoms with E-state index >= 15 is 0 Å². The van der Waals surface area contributed by atoms with E-state index < -0.39 is 15.9 Å². The Bertz CT molecular complexity index is 1240. The molecule has 2 aromatic carbocycles. The summed E-state index contributed by atoms with van der Waals surface area (Å²) in [7, 11) is -3.90. The van der Waals surface area contributed by atoms with E-state index in [0.717, 1.165) is 37.3 Å². The standard InChI is InChI=1S/C23H23ClN4O3S/c1-16-5-4-6-17(13-16)27-32(30,31)19-8-9-21(24)20(14-19)23(29)26-18-7-10-22(25-15-18)28-11-2-3-12-28/h4-10,13-15,27H,2-3,11-12H2,1H3,(H,26,29). The summed E-state index contributed by atoms with van der Waals surface area (Å²) in [5.41, 5.74) is 1.92. The van der Waals surface area contributed by atoms with Gasteiger partial charge in [0.15, 0.2) is 0 Å². The van der Waals surface area contributed by atoms with Gasteiger partial charge in [-0.05, 0) is 67.8 Å². The number of hydrogen-bond acceptors (Lipinski definition) is 5. The third-order valence-electron chi connectivity index (χ3n) is 5.20. The fraction of sp³-hybridized carbons (Fsp3) is 0.217. The van der Waals surface area contributed by atoms with E-state index in [9.17, 15) is 13.2 Å². The molecular formula is C23H23ClN4O3S. The Balaban J connectivity index is 1.52. The average molecular weight is 471 g/mol. The second-order valence-electron chi connectivity index (χ2n) is 7.67. The lowest BCUT2D eigenvalue weighted by atomic mass is 10.2. The minimum absolute atomic E-state index is 0.0578. The number of benzene rings is 2. The summed E-state index contributed by atoms with van der Waals surface area (Å²) in [6.07, 6.45) is 3.88. The van der Waals surface area contributed by atoms with Crippen molar-refractivity contribution in [1.82, 2.24) is 4.98 Å². The van der Waals surface area contributed by atoms with Crippen LogP contribution in [-0.2, 0) is 10.0 Å². The molecular weight excluding hydrogens is 448 g/mol. The Morgan fingerprint density at radius 2 is 1.81 bits per heavy atom. The molecule has 2 heterocycles. The van der Waals surface area contributed by atoms with Crippen LogP contribution in [0.25, 0.3) is 0 Å². The average Bonchev–Trinajstić information content (AvgIpc) is 3.29. The predicted molar refractivity (Wildman–Crippen MR) is 127 cm³/mol. The van der Waals surface area contributed by atoms with E-state index in [0.29, 0.717) is 11.4 Å². The van der Waals surface area contributed by atoms with Crippen LogP contribution in [0.5, 0.6) is 0 Å². The van der Waals surface area contributed by atoms with Crippen molar-refractivity contribution in [3.63, 3.8) is 0 Å². The highest BCUT2D eigenvalue weighted by molar-refractivity contribution is 7.92. The first-order chi connectivity index (χ1) is 15.3. The maximum Gasteiger partial charge on any atom is 0.261 e. The van der Waals surface area contributed by atoms with Gasteiger partial charge in [0, 0.05) is 18.8 Å². The minimum atomic E-state index is -3.90. The van der Waals surface area contributed by atoms with Crippen LogP contribution in [0.3, 0.4) is 0 Å². The molecule has 0 radical (unpaired) electrons. The number of amides is 1. The molecule has 0 spiro atoms. The van der Waals surface area contributed by atoms with Crippen molar-refractivity contribution < 1.29 is 13.2 Å². The molecule has 1 fully saturated rings. The Morgan fingerprint density at radius 3 is 2.50 bits per heavy atom. The van der Waals surface area contributed by atoms with Crippen molar-refractivity contribution in [1.29, 1.82) is 0 Å². The SMILES string of the molecule is Cc1cccc(NS(=O)(=O)c2ccc(Cl)c(C(=O)Nc3ccc(N4CCCC4)nc3)c2)c1. The zero-order chi connectivity index (χ0) is 22.7. The van der Waals surface area contributed by atoms with E-state index in [1.807, 2.05) is 19.1 Å². The second kappa shape index (κ2) is 9.18. The van der Waals surface area contributed by atoms with E-state index in [4.69, 9.17) is 11.6 Å². The number of halogens is 1. The molecule has 0 bridgehead atoms. The molecule has 3 aromatic rings. The molecule has 1 aliphatic heterocycles. The van der Waals surface area contributed by atoms with Gasteiger partial charge in [-0.25, -0.2) is 13.4 Å². The normalized spacial score (nSPS) is 13.8. The second-order valence-corrected chi connectivity index (χ2v) is 9.76. The number of aryl methyl sites for hydroxylation is 1. The third kappa shape index (κ3) is 5.03. The van der Waals surface area contributed by atoms with Crippen molar-refractivity contribution in [3.8, 4) is 0 Å². The number of nitrogens with one attached hydrogen (secondary N) is 2. The highest BCUT2D eigenvalue weighted by Crippen LogP contribution is 2.25. The lowest BCUT2D eigenvalue weighted by molar-refractivity contribution is 0.102. The Labute approximate surface area is 192 Å². The number of carbonyl (C=O) groups is 1. The summed E-state index contributed by atoms with van der Waals surface area (Å²) in [6.45, 7) is 3.83. The third-order valence-corrected chi connectivity index (χ3v) is 6.91. The van der Waals surface area contributed by atoms with Gasteiger partial charge in [-0.15, -0.1) is 0 Å². The number of hydrogen-bond donors (Lipinski definition) is 2. The summed E-state index contributed by atoms with van der Waals surface area (Å²) in [5, 5.41) is 2.88. The molecule has 1 saturated heterocycles. The lowest BCUT2D eigenvalue weighted by Gasteiger charge is -2.16. The Hall–Kier alpha value is -3.10. The maximum absolute atomic E-state index is 12.8. The van der Waals surface area contributed by atoms with Crippen LogP contribution in [0, 0.1) is 6.92 Å². The largest absolute Gasteiger partial charge is 0.357 e. The molecule has 4 rings (SSSR count). The Morgan fingerprint density at radius 1 is 1.03 bits per heavy atom. The number of carbonyl (C=O) groups excluding carboxylic acids is 1. The van der Waals surface area contributed by atoms with Gasteiger partial charge >= 0.3 is 0 Å². The van der Waals surface area contributed by atoms with Gasteiger partial charge in [0.05, 0.1) is 27.4 Å². The van der Waals surface area contributed by atoms with Crippen molar-refractivity contribution in [3.05, 3.63) is 76.9 Å². The maximum atomic E-state index is 12.8. The summed E-state index contributed by atoms with van der Waals surface area (Å²) in [4.78, 5) is 19.4. The first-order valence-electron chi connectivity index (χ1n) is 10.2. The first kappa shape index (κ1) is 22.1. The molecule has 0 saturated carbocycles. The summed E-state index contributed by atoms with van der Waals surface area (Å²) in [6, 6.07) is 14.7. The number of aromatic nitrogens is 1. The fourth-order valence-electron chi connectivity index (χ4n) is 3.56. The van der Waals surface area contributed by atoms with Crippen molar-refractivity contribution in [2.24, 2.45) is 0 Å². The van der Waals surface area contributed by atoms with Crippen LogP contribution in [0.15, 0.2) is 65.7 Å². The van der Waals surface area contributed by atoms with Gasteiger partial charge in [-0.1, -0.05) is 23.7 Å². The number of nitrogens with zero attached hydrogens (tertiary/aromatic N) is 2. The molecule has 0 unspecified atom stereocenters. The van der Waals surface area contributed by atoms with E-state index in [-0.39, 0.29) is 15.5 Å².